The molecule has 2 aromatic rings. The van der Waals surface area contributed by atoms with Crippen LogP contribution >= 0.6 is 0 Å². The Kier molecular flexibility index (Phi) is 5.08. The standard InChI is InChI=1S/C18H22N2/c1-15(19-18-7-5-4-6-8-18)13-16-9-11-17(12-10-16)14-20(2)3/h4-12H,13-14H2,1-3H3. The van der Waals surface area contributed by atoms with E-state index in [1.165, 1.54) is 11.1 Å². The smallest absolute Gasteiger partial charge is 0.0629 e. The van der Waals surface area contributed by atoms with E-state index in [-0.39, 0.29) is 0 Å². The van der Waals surface area contributed by atoms with Crippen LogP contribution in [0.25, 0.3) is 0 Å². The average Bonchev–Trinajstić information content (AvgIpc) is 2.41. The van der Waals surface area contributed by atoms with Crippen molar-refractivity contribution in [2.45, 2.75) is 19.9 Å². The summed E-state index contributed by atoms with van der Waals surface area (Å²) in [6, 6.07) is 18.9. The molecule has 0 spiro atoms. The number of hydrogen-bond acceptors (Lipinski definition) is 2. The van der Waals surface area contributed by atoms with Gasteiger partial charge in [0.15, 0.2) is 0 Å². The van der Waals surface area contributed by atoms with Crippen LogP contribution in [-0.2, 0) is 13.0 Å². The van der Waals surface area contributed by atoms with E-state index >= 15 is 0 Å². The molecule has 104 valence electrons. The number of nitrogens with zero attached hydrogens (tertiary/aromatic N) is 2. The lowest BCUT2D eigenvalue weighted by molar-refractivity contribution is 0.402. The molecular weight excluding hydrogens is 244 g/mol. The van der Waals surface area contributed by atoms with Crippen LogP contribution in [-0.4, -0.2) is 24.7 Å². The van der Waals surface area contributed by atoms with E-state index in [2.05, 4.69) is 55.2 Å². The molecule has 0 N–H and O–H groups in total. The van der Waals surface area contributed by atoms with Gasteiger partial charge in [-0.3, -0.25) is 4.99 Å². The van der Waals surface area contributed by atoms with Crippen molar-refractivity contribution in [3.8, 4) is 0 Å². The fraction of sp³-hybridized carbons (Fsp3) is 0.278. The van der Waals surface area contributed by atoms with E-state index in [0.29, 0.717) is 0 Å². The first kappa shape index (κ1) is 14.5. The van der Waals surface area contributed by atoms with Crippen LogP contribution in [0.5, 0.6) is 0 Å². The molecule has 0 saturated carbocycles. The van der Waals surface area contributed by atoms with Crippen molar-refractivity contribution >= 4 is 11.4 Å². The predicted octanol–water partition coefficient (Wildman–Crippen LogP) is 4.08. The van der Waals surface area contributed by atoms with Gasteiger partial charge in [0.1, 0.15) is 0 Å². The van der Waals surface area contributed by atoms with Crippen LogP contribution < -0.4 is 0 Å². The van der Waals surface area contributed by atoms with Crippen LogP contribution in [0.15, 0.2) is 59.6 Å². The molecule has 0 fully saturated rings. The Morgan fingerprint density at radius 3 is 2.10 bits per heavy atom. The molecule has 0 aliphatic heterocycles. The van der Waals surface area contributed by atoms with Crippen LogP contribution in [0.3, 0.4) is 0 Å². The fourth-order valence-corrected chi connectivity index (χ4v) is 2.19. The largest absolute Gasteiger partial charge is 0.305 e. The van der Waals surface area contributed by atoms with Gasteiger partial charge in [0.05, 0.1) is 5.69 Å². The Morgan fingerprint density at radius 2 is 1.50 bits per heavy atom. The van der Waals surface area contributed by atoms with Crippen molar-refractivity contribution in [1.29, 1.82) is 0 Å². The van der Waals surface area contributed by atoms with Crippen molar-refractivity contribution in [3.05, 3.63) is 65.7 Å². The highest BCUT2D eigenvalue weighted by Gasteiger charge is 1.99. The maximum atomic E-state index is 4.63. The van der Waals surface area contributed by atoms with Crippen molar-refractivity contribution in [2.24, 2.45) is 4.99 Å². The summed E-state index contributed by atoms with van der Waals surface area (Å²) in [4.78, 5) is 6.81. The minimum absolute atomic E-state index is 0.900. The third-order valence-electron chi connectivity index (χ3n) is 3.06. The Hall–Kier alpha value is -1.93. The van der Waals surface area contributed by atoms with Gasteiger partial charge in [0, 0.05) is 18.7 Å². The Morgan fingerprint density at radius 1 is 0.900 bits per heavy atom. The highest BCUT2D eigenvalue weighted by molar-refractivity contribution is 5.86. The molecule has 0 amide bonds. The zero-order valence-corrected chi connectivity index (χ0v) is 12.5. The molecule has 2 heteroatoms. The molecule has 20 heavy (non-hydrogen) atoms. The lowest BCUT2D eigenvalue weighted by atomic mass is 10.1. The van der Waals surface area contributed by atoms with Crippen molar-refractivity contribution in [3.63, 3.8) is 0 Å². The van der Waals surface area contributed by atoms with Crippen molar-refractivity contribution < 1.29 is 0 Å². The molecule has 0 bridgehead atoms. The molecule has 0 saturated heterocycles. The van der Waals surface area contributed by atoms with Crippen LogP contribution in [0.4, 0.5) is 5.69 Å². The quantitative estimate of drug-likeness (QED) is 0.744. The molecular formula is C18H22N2. The molecule has 2 nitrogen and oxygen atoms in total. The second-order valence-electron chi connectivity index (χ2n) is 5.41. The van der Waals surface area contributed by atoms with Gasteiger partial charge in [0.25, 0.3) is 0 Å². The van der Waals surface area contributed by atoms with Crippen LogP contribution in [0, 0.1) is 0 Å². The zero-order chi connectivity index (χ0) is 14.4. The molecule has 0 aliphatic carbocycles. The van der Waals surface area contributed by atoms with Crippen LogP contribution in [0.1, 0.15) is 18.1 Å². The van der Waals surface area contributed by atoms with Crippen molar-refractivity contribution in [2.75, 3.05) is 14.1 Å². The Balaban J connectivity index is 2.01. The lowest BCUT2D eigenvalue weighted by Gasteiger charge is -2.10. The Labute approximate surface area is 121 Å². The highest BCUT2D eigenvalue weighted by atomic mass is 15.0. The normalized spacial score (nSPS) is 11.9. The minimum Gasteiger partial charge on any atom is -0.305 e. The summed E-state index contributed by atoms with van der Waals surface area (Å²) in [5.74, 6) is 0. The monoisotopic (exact) mass is 266 g/mol. The lowest BCUT2D eigenvalue weighted by Crippen LogP contribution is -2.10. The maximum Gasteiger partial charge on any atom is 0.0629 e. The number of rotatable bonds is 5. The number of aliphatic imine (C=N–C) groups is 1. The molecule has 0 heterocycles. The summed E-state index contributed by atoms with van der Waals surface area (Å²) in [5.41, 5.74) is 4.81. The fourth-order valence-electron chi connectivity index (χ4n) is 2.19. The van der Waals surface area contributed by atoms with Crippen molar-refractivity contribution in [1.82, 2.24) is 4.90 Å². The van der Waals surface area contributed by atoms with Gasteiger partial charge in [-0.15, -0.1) is 0 Å². The zero-order valence-electron chi connectivity index (χ0n) is 12.5. The van der Waals surface area contributed by atoms with Gasteiger partial charge in [0.2, 0.25) is 0 Å². The first-order chi connectivity index (χ1) is 9.63. The van der Waals surface area contributed by atoms with Gasteiger partial charge < -0.3 is 4.90 Å². The van der Waals surface area contributed by atoms with Gasteiger partial charge in [-0.05, 0) is 44.3 Å². The molecule has 0 aliphatic rings. The molecule has 0 unspecified atom stereocenters. The first-order valence-electron chi connectivity index (χ1n) is 6.95. The van der Waals surface area contributed by atoms with Gasteiger partial charge >= 0.3 is 0 Å². The van der Waals surface area contributed by atoms with Gasteiger partial charge in [-0.25, -0.2) is 0 Å². The molecule has 2 rings (SSSR count). The van der Waals surface area contributed by atoms with E-state index in [0.717, 1.165) is 24.4 Å². The van der Waals surface area contributed by atoms with E-state index < -0.39 is 0 Å². The average molecular weight is 266 g/mol. The summed E-state index contributed by atoms with van der Waals surface area (Å²) in [6.07, 6.45) is 0.900. The summed E-state index contributed by atoms with van der Waals surface area (Å²) in [5, 5.41) is 0. The second-order valence-corrected chi connectivity index (χ2v) is 5.41. The summed E-state index contributed by atoms with van der Waals surface area (Å²) >= 11 is 0. The van der Waals surface area contributed by atoms with E-state index in [9.17, 15) is 0 Å². The highest BCUT2D eigenvalue weighted by Crippen LogP contribution is 2.12. The molecule has 2 aromatic carbocycles. The maximum absolute atomic E-state index is 4.63. The van der Waals surface area contributed by atoms with E-state index in [1.54, 1.807) is 0 Å². The molecule has 0 aromatic heterocycles. The number of benzene rings is 2. The van der Waals surface area contributed by atoms with Gasteiger partial charge in [-0.1, -0.05) is 42.5 Å². The Bertz CT molecular complexity index is 554. The third kappa shape index (κ3) is 4.63. The second kappa shape index (κ2) is 7.01. The van der Waals surface area contributed by atoms with Crippen LogP contribution in [0.2, 0.25) is 0 Å². The molecule has 0 radical (unpaired) electrons. The minimum atomic E-state index is 0.900. The topological polar surface area (TPSA) is 15.6 Å². The number of para-hydroxylation sites is 1. The first-order valence-corrected chi connectivity index (χ1v) is 6.95. The predicted molar refractivity (Wildman–Crippen MR) is 86.7 cm³/mol. The van der Waals surface area contributed by atoms with Gasteiger partial charge in [-0.2, -0.15) is 0 Å². The SMILES string of the molecule is CC(Cc1ccc(CN(C)C)cc1)=Nc1ccccc1. The summed E-state index contributed by atoms with van der Waals surface area (Å²) < 4.78 is 0. The van der Waals surface area contributed by atoms with E-state index in [1.807, 2.05) is 30.3 Å². The molecule has 0 atom stereocenters. The summed E-state index contributed by atoms with van der Waals surface area (Å²) in [6.45, 7) is 3.07. The van der Waals surface area contributed by atoms with E-state index in [4.69, 9.17) is 0 Å². The third-order valence-corrected chi connectivity index (χ3v) is 3.06. The number of hydrogen-bond donors (Lipinski definition) is 0. The summed E-state index contributed by atoms with van der Waals surface area (Å²) in [7, 11) is 4.18.